The lowest BCUT2D eigenvalue weighted by atomic mass is 10.0. The second-order valence-electron chi connectivity index (χ2n) is 9.63. The van der Waals surface area contributed by atoms with Crippen LogP contribution in [0.25, 0.3) is 10.2 Å². The molecule has 5 rings (SSSR count). The van der Waals surface area contributed by atoms with Crippen molar-refractivity contribution in [2.45, 2.75) is 44.6 Å². The number of thiazole rings is 1. The van der Waals surface area contributed by atoms with Gasteiger partial charge in [-0.05, 0) is 66.6 Å². The summed E-state index contributed by atoms with van der Waals surface area (Å²) in [4.78, 5) is 20.6. The second kappa shape index (κ2) is 10.7. The van der Waals surface area contributed by atoms with E-state index < -0.39 is 10.0 Å². The van der Waals surface area contributed by atoms with Crippen LogP contribution in [0.2, 0.25) is 0 Å². The Morgan fingerprint density at radius 1 is 1.05 bits per heavy atom. The Hall–Kier alpha value is -3.07. The number of benzene rings is 3. The molecule has 6 nitrogen and oxygen atoms in total. The zero-order valence-electron chi connectivity index (χ0n) is 21.1. The number of fused-ring (bicyclic) bond motifs is 1. The molecule has 1 amide bonds. The van der Waals surface area contributed by atoms with Gasteiger partial charge in [-0.3, -0.25) is 9.69 Å². The van der Waals surface area contributed by atoms with Gasteiger partial charge in [0.2, 0.25) is 10.0 Å². The third-order valence-electron chi connectivity index (χ3n) is 6.89. The number of aromatic nitrogens is 1. The van der Waals surface area contributed by atoms with Crippen molar-refractivity contribution in [1.29, 1.82) is 0 Å². The van der Waals surface area contributed by atoms with E-state index in [9.17, 15) is 13.2 Å². The summed E-state index contributed by atoms with van der Waals surface area (Å²) in [6, 6.07) is 22.3. The Kier molecular flexibility index (Phi) is 7.42. The molecule has 4 aromatic rings. The van der Waals surface area contributed by atoms with Crippen LogP contribution in [0, 0.1) is 5.92 Å². The van der Waals surface area contributed by atoms with Crippen LogP contribution in [0.5, 0.6) is 0 Å². The maximum atomic E-state index is 13.8. The van der Waals surface area contributed by atoms with Crippen LogP contribution in [0.1, 0.15) is 48.2 Å². The minimum atomic E-state index is -3.59. The summed E-state index contributed by atoms with van der Waals surface area (Å²) in [7, 11) is -3.59. The van der Waals surface area contributed by atoms with Gasteiger partial charge in [0.15, 0.2) is 5.13 Å². The monoisotopic (exact) mass is 533 g/mol. The number of hydrogen-bond donors (Lipinski definition) is 0. The molecule has 192 valence electrons. The van der Waals surface area contributed by atoms with E-state index in [1.54, 1.807) is 33.5 Å². The fourth-order valence-corrected chi connectivity index (χ4v) is 7.44. The van der Waals surface area contributed by atoms with Crippen LogP contribution in [-0.2, 0) is 23.0 Å². The lowest BCUT2D eigenvalue weighted by Gasteiger charge is -2.30. The van der Waals surface area contributed by atoms with Crippen molar-refractivity contribution in [3.05, 3.63) is 89.5 Å². The summed E-state index contributed by atoms with van der Waals surface area (Å²) in [6.45, 7) is 5.62. The van der Waals surface area contributed by atoms with Gasteiger partial charge in [-0.25, -0.2) is 13.4 Å². The topological polar surface area (TPSA) is 70.6 Å². The number of amides is 1. The molecule has 8 heteroatoms. The highest BCUT2D eigenvalue weighted by Crippen LogP contribution is 2.33. The average molecular weight is 534 g/mol. The van der Waals surface area contributed by atoms with E-state index >= 15 is 0 Å². The molecule has 0 saturated carbocycles. The molecule has 0 aliphatic carbocycles. The van der Waals surface area contributed by atoms with Crippen molar-refractivity contribution in [3.8, 4) is 0 Å². The first-order chi connectivity index (χ1) is 17.9. The summed E-state index contributed by atoms with van der Waals surface area (Å²) < 4.78 is 29.0. The third kappa shape index (κ3) is 5.32. The van der Waals surface area contributed by atoms with Crippen molar-refractivity contribution in [2.75, 3.05) is 18.0 Å². The van der Waals surface area contributed by atoms with Gasteiger partial charge in [0.25, 0.3) is 5.91 Å². The number of aryl methyl sites for hydroxylation is 1. The Morgan fingerprint density at radius 3 is 2.51 bits per heavy atom. The fourth-order valence-electron chi connectivity index (χ4n) is 4.83. The molecule has 0 spiro atoms. The number of carbonyl (C=O) groups is 1. The number of rotatable bonds is 7. The molecule has 1 aliphatic heterocycles. The molecule has 0 N–H and O–H groups in total. The number of carbonyl (C=O) groups excluding carboxylic acids is 1. The molecule has 1 aliphatic rings. The zero-order valence-corrected chi connectivity index (χ0v) is 22.8. The predicted molar refractivity (Wildman–Crippen MR) is 150 cm³/mol. The van der Waals surface area contributed by atoms with Crippen molar-refractivity contribution < 1.29 is 13.2 Å². The molecule has 1 unspecified atom stereocenters. The molecular weight excluding hydrogens is 502 g/mol. The van der Waals surface area contributed by atoms with Gasteiger partial charge in [-0.15, -0.1) is 0 Å². The van der Waals surface area contributed by atoms with Crippen LogP contribution in [0.4, 0.5) is 5.13 Å². The van der Waals surface area contributed by atoms with E-state index in [-0.39, 0.29) is 10.8 Å². The van der Waals surface area contributed by atoms with E-state index in [4.69, 9.17) is 4.98 Å². The van der Waals surface area contributed by atoms with Crippen molar-refractivity contribution in [1.82, 2.24) is 9.29 Å². The van der Waals surface area contributed by atoms with Crippen molar-refractivity contribution >= 4 is 42.6 Å². The quantitative estimate of drug-likeness (QED) is 0.287. The SMILES string of the molecule is CCc1cccc2sc(N(Cc3ccccc3)C(=O)c3ccc(S(=O)(=O)N4CCCC(C)C4)cc3)nc12. The van der Waals surface area contributed by atoms with Crippen LogP contribution >= 0.6 is 11.3 Å². The van der Waals surface area contributed by atoms with Crippen LogP contribution in [0.3, 0.4) is 0 Å². The van der Waals surface area contributed by atoms with Gasteiger partial charge >= 0.3 is 0 Å². The smallest absolute Gasteiger partial charge is 0.260 e. The highest BCUT2D eigenvalue weighted by molar-refractivity contribution is 7.89. The van der Waals surface area contributed by atoms with Gasteiger partial charge in [0.1, 0.15) is 0 Å². The Labute approximate surface area is 222 Å². The third-order valence-corrected chi connectivity index (χ3v) is 9.81. The first kappa shape index (κ1) is 25.6. The molecular formula is C29H31N3O3S2. The summed E-state index contributed by atoms with van der Waals surface area (Å²) in [5.74, 6) is 0.134. The molecule has 1 fully saturated rings. The summed E-state index contributed by atoms with van der Waals surface area (Å²) >= 11 is 1.49. The average Bonchev–Trinajstić information content (AvgIpc) is 3.36. The minimum Gasteiger partial charge on any atom is -0.279 e. The summed E-state index contributed by atoms with van der Waals surface area (Å²) in [5.41, 5.74) is 3.49. The maximum absolute atomic E-state index is 13.8. The number of para-hydroxylation sites is 1. The molecule has 1 aromatic heterocycles. The van der Waals surface area contributed by atoms with Crippen LogP contribution in [0.15, 0.2) is 77.7 Å². The van der Waals surface area contributed by atoms with Crippen LogP contribution in [-0.4, -0.2) is 36.7 Å². The van der Waals surface area contributed by atoms with Gasteiger partial charge in [0, 0.05) is 18.7 Å². The van der Waals surface area contributed by atoms with Gasteiger partial charge in [-0.2, -0.15) is 4.31 Å². The number of nitrogens with zero attached hydrogens (tertiary/aromatic N) is 3. The standard InChI is InChI=1S/C29H31N3O3S2/c1-3-23-12-7-13-26-27(23)30-29(36-26)32(20-22-10-5-4-6-11-22)28(33)24-14-16-25(17-15-24)37(34,35)31-18-8-9-21(2)19-31/h4-7,10-17,21H,3,8-9,18-20H2,1-2H3. The van der Waals surface area contributed by atoms with Gasteiger partial charge < -0.3 is 0 Å². The normalized spacial score (nSPS) is 16.6. The predicted octanol–water partition coefficient (Wildman–Crippen LogP) is 6.13. The van der Waals surface area contributed by atoms with Crippen molar-refractivity contribution in [3.63, 3.8) is 0 Å². The minimum absolute atomic E-state index is 0.212. The molecule has 37 heavy (non-hydrogen) atoms. The Balaban J connectivity index is 1.47. The molecule has 0 radical (unpaired) electrons. The first-order valence-electron chi connectivity index (χ1n) is 12.7. The number of anilines is 1. The first-order valence-corrected chi connectivity index (χ1v) is 15.0. The lowest BCUT2D eigenvalue weighted by Crippen LogP contribution is -2.39. The molecule has 2 heterocycles. The van der Waals surface area contributed by atoms with E-state index in [1.807, 2.05) is 42.5 Å². The second-order valence-corrected chi connectivity index (χ2v) is 12.6. The van der Waals surface area contributed by atoms with Crippen molar-refractivity contribution in [2.24, 2.45) is 5.92 Å². The van der Waals surface area contributed by atoms with Gasteiger partial charge in [-0.1, -0.05) is 67.6 Å². The highest BCUT2D eigenvalue weighted by atomic mass is 32.2. The molecule has 3 aromatic carbocycles. The number of piperidine rings is 1. The molecule has 0 bridgehead atoms. The Bertz CT molecular complexity index is 1500. The van der Waals surface area contributed by atoms with Gasteiger partial charge in [0.05, 0.1) is 21.7 Å². The summed E-state index contributed by atoms with van der Waals surface area (Å²) in [5, 5.41) is 0.628. The largest absolute Gasteiger partial charge is 0.279 e. The Morgan fingerprint density at radius 2 is 1.81 bits per heavy atom. The molecule has 1 saturated heterocycles. The van der Waals surface area contributed by atoms with E-state index in [2.05, 4.69) is 19.9 Å². The van der Waals surface area contributed by atoms with E-state index in [0.717, 1.165) is 40.6 Å². The number of sulfonamides is 1. The maximum Gasteiger partial charge on any atom is 0.260 e. The molecule has 1 atom stereocenters. The zero-order chi connectivity index (χ0) is 26.0. The number of hydrogen-bond acceptors (Lipinski definition) is 5. The van der Waals surface area contributed by atoms with E-state index in [0.29, 0.717) is 36.2 Å². The summed E-state index contributed by atoms with van der Waals surface area (Å²) in [6.07, 6.45) is 2.77. The lowest BCUT2D eigenvalue weighted by molar-refractivity contribution is 0.0985. The fraction of sp³-hybridized carbons (Fsp3) is 0.310. The van der Waals surface area contributed by atoms with Crippen LogP contribution < -0.4 is 4.90 Å². The van der Waals surface area contributed by atoms with E-state index in [1.165, 1.54) is 11.3 Å². The highest BCUT2D eigenvalue weighted by Gasteiger charge is 2.29.